The van der Waals surface area contributed by atoms with Gasteiger partial charge >= 0.3 is 0 Å². The standard InChI is InChI=1S/C12H20BrNO/c1-12(5-6-12)9-11(15)14-7-2-3-10(13)4-8-14/h10H,2-9H2,1H3. The Kier molecular flexibility index (Phi) is 3.39. The van der Waals surface area contributed by atoms with Crippen molar-refractivity contribution in [3.63, 3.8) is 0 Å². The van der Waals surface area contributed by atoms with E-state index in [0.717, 1.165) is 32.4 Å². The fourth-order valence-corrected chi connectivity index (χ4v) is 2.70. The third-order valence-corrected chi connectivity index (χ3v) is 4.61. The Hall–Kier alpha value is -0.0500. The Morgan fingerprint density at radius 3 is 2.80 bits per heavy atom. The van der Waals surface area contributed by atoms with Gasteiger partial charge in [-0.05, 0) is 37.5 Å². The molecule has 1 atom stereocenters. The van der Waals surface area contributed by atoms with Crippen LogP contribution in [0.1, 0.15) is 45.4 Å². The van der Waals surface area contributed by atoms with E-state index in [1.807, 2.05) is 0 Å². The molecule has 15 heavy (non-hydrogen) atoms. The summed E-state index contributed by atoms with van der Waals surface area (Å²) in [7, 11) is 0. The first-order chi connectivity index (χ1) is 7.09. The maximum absolute atomic E-state index is 12.0. The Bertz CT molecular complexity index is 250. The Labute approximate surface area is 101 Å². The van der Waals surface area contributed by atoms with Crippen LogP contribution in [0, 0.1) is 5.41 Å². The highest BCUT2D eigenvalue weighted by Crippen LogP contribution is 2.48. The molecule has 0 bridgehead atoms. The van der Waals surface area contributed by atoms with Crippen molar-refractivity contribution in [1.29, 1.82) is 0 Å². The van der Waals surface area contributed by atoms with Crippen molar-refractivity contribution in [3.05, 3.63) is 0 Å². The van der Waals surface area contributed by atoms with E-state index in [4.69, 9.17) is 0 Å². The van der Waals surface area contributed by atoms with Gasteiger partial charge in [0.15, 0.2) is 0 Å². The highest BCUT2D eigenvalue weighted by molar-refractivity contribution is 9.09. The van der Waals surface area contributed by atoms with Gasteiger partial charge in [-0.1, -0.05) is 22.9 Å². The molecule has 2 nitrogen and oxygen atoms in total. The number of rotatable bonds is 2. The van der Waals surface area contributed by atoms with Gasteiger partial charge in [-0.2, -0.15) is 0 Å². The normalized spacial score (nSPS) is 29.7. The SMILES string of the molecule is CC1(CC(=O)N2CCCC(Br)CC2)CC1. The minimum atomic E-state index is 0.358. The highest BCUT2D eigenvalue weighted by atomic mass is 79.9. The zero-order valence-corrected chi connectivity index (χ0v) is 11.1. The van der Waals surface area contributed by atoms with Crippen LogP contribution in [-0.4, -0.2) is 28.7 Å². The third kappa shape index (κ3) is 3.20. The molecule has 1 saturated carbocycles. The smallest absolute Gasteiger partial charge is 0.223 e. The predicted molar refractivity (Wildman–Crippen MR) is 65.1 cm³/mol. The minimum absolute atomic E-state index is 0.358. The number of carbonyl (C=O) groups is 1. The van der Waals surface area contributed by atoms with Gasteiger partial charge in [0.2, 0.25) is 5.91 Å². The summed E-state index contributed by atoms with van der Waals surface area (Å²) >= 11 is 3.65. The largest absolute Gasteiger partial charge is 0.343 e. The van der Waals surface area contributed by atoms with Crippen LogP contribution in [-0.2, 0) is 4.79 Å². The molecule has 0 aromatic carbocycles. The van der Waals surface area contributed by atoms with Gasteiger partial charge in [-0.15, -0.1) is 0 Å². The summed E-state index contributed by atoms with van der Waals surface area (Å²) in [6.45, 7) is 4.15. The van der Waals surface area contributed by atoms with E-state index in [-0.39, 0.29) is 0 Å². The summed E-state index contributed by atoms with van der Waals surface area (Å²) in [4.78, 5) is 14.7. The minimum Gasteiger partial charge on any atom is -0.343 e. The fraction of sp³-hybridized carbons (Fsp3) is 0.917. The lowest BCUT2D eigenvalue weighted by molar-refractivity contribution is -0.132. The number of likely N-dealkylation sites (tertiary alicyclic amines) is 1. The molecule has 0 spiro atoms. The molecule has 2 rings (SSSR count). The Morgan fingerprint density at radius 2 is 2.13 bits per heavy atom. The Balaban J connectivity index is 1.83. The molecule has 1 amide bonds. The average molecular weight is 274 g/mol. The summed E-state index contributed by atoms with van der Waals surface area (Å²) in [5.41, 5.74) is 0.358. The number of nitrogens with zero attached hydrogens (tertiary/aromatic N) is 1. The highest BCUT2D eigenvalue weighted by Gasteiger charge is 2.40. The van der Waals surface area contributed by atoms with Crippen molar-refractivity contribution in [3.8, 4) is 0 Å². The summed E-state index contributed by atoms with van der Waals surface area (Å²) in [6, 6.07) is 0. The van der Waals surface area contributed by atoms with E-state index in [1.165, 1.54) is 19.3 Å². The van der Waals surface area contributed by atoms with Gasteiger partial charge in [0.1, 0.15) is 0 Å². The lowest BCUT2D eigenvalue weighted by Gasteiger charge is -2.22. The number of halogens is 1. The summed E-state index contributed by atoms with van der Waals surface area (Å²) in [5.74, 6) is 0.386. The molecule has 1 aliphatic heterocycles. The fourth-order valence-electron chi connectivity index (χ4n) is 2.17. The van der Waals surface area contributed by atoms with Gasteiger partial charge in [0.25, 0.3) is 0 Å². The first-order valence-corrected chi connectivity index (χ1v) is 6.92. The van der Waals surface area contributed by atoms with E-state index in [1.54, 1.807) is 0 Å². The van der Waals surface area contributed by atoms with Crippen LogP contribution in [0.2, 0.25) is 0 Å². The zero-order valence-electron chi connectivity index (χ0n) is 9.47. The molecule has 1 aliphatic carbocycles. The molecule has 1 unspecified atom stereocenters. The molecular formula is C12H20BrNO. The van der Waals surface area contributed by atoms with Crippen molar-refractivity contribution < 1.29 is 4.79 Å². The van der Waals surface area contributed by atoms with Crippen molar-refractivity contribution >= 4 is 21.8 Å². The molecule has 0 aromatic heterocycles. The van der Waals surface area contributed by atoms with E-state index in [9.17, 15) is 4.79 Å². The number of carbonyl (C=O) groups excluding carboxylic acids is 1. The lowest BCUT2D eigenvalue weighted by atomic mass is 10.0. The second kappa shape index (κ2) is 4.44. The molecule has 3 heteroatoms. The number of hydrogen-bond donors (Lipinski definition) is 0. The van der Waals surface area contributed by atoms with Crippen LogP contribution < -0.4 is 0 Å². The van der Waals surface area contributed by atoms with Crippen molar-refractivity contribution in [2.75, 3.05) is 13.1 Å². The van der Waals surface area contributed by atoms with Crippen molar-refractivity contribution in [1.82, 2.24) is 4.90 Å². The van der Waals surface area contributed by atoms with E-state index in [2.05, 4.69) is 27.8 Å². The maximum Gasteiger partial charge on any atom is 0.223 e. The second-order valence-corrected chi connectivity index (χ2v) is 6.69. The zero-order chi connectivity index (χ0) is 10.9. The molecule has 2 fully saturated rings. The van der Waals surface area contributed by atoms with Crippen LogP contribution in [0.4, 0.5) is 0 Å². The monoisotopic (exact) mass is 273 g/mol. The maximum atomic E-state index is 12.0. The predicted octanol–water partition coefficient (Wildman–Crippen LogP) is 2.95. The summed E-state index contributed by atoms with van der Waals surface area (Å²) in [5, 5.41) is 0. The van der Waals surface area contributed by atoms with Crippen LogP contribution in [0.5, 0.6) is 0 Å². The van der Waals surface area contributed by atoms with Crippen LogP contribution >= 0.6 is 15.9 Å². The topological polar surface area (TPSA) is 20.3 Å². The van der Waals surface area contributed by atoms with Crippen molar-refractivity contribution in [2.24, 2.45) is 5.41 Å². The van der Waals surface area contributed by atoms with Gasteiger partial charge in [-0.3, -0.25) is 4.79 Å². The summed E-state index contributed by atoms with van der Waals surface area (Å²) in [6.07, 6.45) is 6.74. The van der Waals surface area contributed by atoms with Gasteiger partial charge < -0.3 is 4.90 Å². The molecule has 0 aromatic rings. The quantitative estimate of drug-likeness (QED) is 0.709. The molecule has 0 N–H and O–H groups in total. The van der Waals surface area contributed by atoms with Crippen LogP contribution in [0.15, 0.2) is 0 Å². The van der Waals surface area contributed by atoms with E-state index >= 15 is 0 Å². The van der Waals surface area contributed by atoms with Gasteiger partial charge in [0, 0.05) is 24.3 Å². The van der Waals surface area contributed by atoms with Crippen LogP contribution in [0.25, 0.3) is 0 Å². The van der Waals surface area contributed by atoms with Crippen LogP contribution in [0.3, 0.4) is 0 Å². The third-order valence-electron chi connectivity index (χ3n) is 3.69. The molecule has 0 radical (unpaired) electrons. The molecule has 86 valence electrons. The molecular weight excluding hydrogens is 254 g/mol. The first-order valence-electron chi connectivity index (χ1n) is 6.01. The van der Waals surface area contributed by atoms with Gasteiger partial charge in [-0.25, -0.2) is 0 Å². The van der Waals surface area contributed by atoms with Crippen molar-refractivity contribution in [2.45, 2.75) is 50.3 Å². The Morgan fingerprint density at radius 1 is 1.40 bits per heavy atom. The van der Waals surface area contributed by atoms with Gasteiger partial charge in [0.05, 0.1) is 0 Å². The van der Waals surface area contributed by atoms with E-state index < -0.39 is 0 Å². The molecule has 1 heterocycles. The summed E-state index contributed by atoms with van der Waals surface area (Å²) < 4.78 is 0. The second-order valence-electron chi connectivity index (χ2n) is 5.40. The first kappa shape index (κ1) is 11.4. The average Bonchev–Trinajstić information content (AvgIpc) is 2.91. The number of amides is 1. The number of hydrogen-bond acceptors (Lipinski definition) is 1. The molecule has 2 aliphatic rings. The number of alkyl halides is 1. The lowest BCUT2D eigenvalue weighted by Crippen LogP contribution is -2.33. The van der Waals surface area contributed by atoms with E-state index in [0.29, 0.717) is 16.1 Å². The molecule has 1 saturated heterocycles.